The maximum atomic E-state index is 8.95. The van der Waals surface area contributed by atoms with Crippen molar-refractivity contribution in [3.05, 3.63) is 23.9 Å². The van der Waals surface area contributed by atoms with Crippen molar-refractivity contribution in [2.24, 2.45) is 0 Å². The van der Waals surface area contributed by atoms with Crippen LogP contribution < -0.4 is 10.2 Å². The van der Waals surface area contributed by atoms with E-state index in [9.17, 15) is 0 Å². The summed E-state index contributed by atoms with van der Waals surface area (Å²) in [6.45, 7) is 5.88. The third-order valence-electron chi connectivity index (χ3n) is 2.59. The Morgan fingerprint density at radius 2 is 2.31 bits per heavy atom. The largest absolute Gasteiger partial charge is 0.395 e. The van der Waals surface area contributed by atoms with Crippen molar-refractivity contribution < 1.29 is 5.11 Å². The van der Waals surface area contributed by atoms with E-state index in [2.05, 4.69) is 30.2 Å². The predicted octanol–water partition coefficient (Wildman–Crippen LogP) is 1.18. The van der Waals surface area contributed by atoms with Gasteiger partial charge in [-0.3, -0.25) is 0 Å². The summed E-state index contributed by atoms with van der Waals surface area (Å²) in [5.74, 6) is 0.935. The number of aromatic nitrogens is 1. The number of anilines is 1. The fraction of sp³-hybridized carbons (Fsp3) is 0.583. The van der Waals surface area contributed by atoms with Crippen molar-refractivity contribution >= 4 is 5.82 Å². The van der Waals surface area contributed by atoms with E-state index in [0.717, 1.165) is 12.4 Å². The van der Waals surface area contributed by atoms with E-state index in [1.807, 2.05) is 18.0 Å². The van der Waals surface area contributed by atoms with Crippen LogP contribution in [0.25, 0.3) is 0 Å². The molecule has 4 heteroatoms. The average Bonchev–Trinajstić information content (AvgIpc) is 2.30. The molecule has 16 heavy (non-hydrogen) atoms. The molecule has 0 aromatic carbocycles. The molecule has 1 aromatic rings. The highest BCUT2D eigenvalue weighted by Gasteiger charge is 2.13. The SMILES string of the molecule is CCNC(C)c1cccnc1N(C)CCO. The quantitative estimate of drug-likeness (QED) is 0.760. The molecule has 1 heterocycles. The molecule has 0 aliphatic rings. The first kappa shape index (κ1) is 12.9. The molecule has 0 spiro atoms. The van der Waals surface area contributed by atoms with E-state index in [1.165, 1.54) is 5.56 Å². The van der Waals surface area contributed by atoms with Gasteiger partial charge in [0, 0.05) is 31.4 Å². The third kappa shape index (κ3) is 3.18. The molecule has 1 aromatic heterocycles. The van der Waals surface area contributed by atoms with Gasteiger partial charge in [0.1, 0.15) is 5.82 Å². The maximum absolute atomic E-state index is 8.95. The summed E-state index contributed by atoms with van der Waals surface area (Å²) in [6.07, 6.45) is 1.78. The Morgan fingerprint density at radius 3 is 2.94 bits per heavy atom. The van der Waals surface area contributed by atoms with Crippen LogP contribution in [0.2, 0.25) is 0 Å². The summed E-state index contributed by atoms with van der Waals surface area (Å²) in [7, 11) is 1.95. The van der Waals surface area contributed by atoms with Crippen LogP contribution in [0.3, 0.4) is 0 Å². The fourth-order valence-corrected chi connectivity index (χ4v) is 1.74. The molecule has 1 unspecified atom stereocenters. The fourth-order valence-electron chi connectivity index (χ4n) is 1.74. The number of likely N-dealkylation sites (N-methyl/N-ethyl adjacent to an activating group) is 1. The summed E-state index contributed by atoms with van der Waals surface area (Å²) in [5, 5.41) is 12.3. The lowest BCUT2D eigenvalue weighted by Crippen LogP contribution is -2.26. The number of nitrogens with one attached hydrogen (secondary N) is 1. The Balaban J connectivity index is 2.90. The van der Waals surface area contributed by atoms with Crippen LogP contribution in [0.5, 0.6) is 0 Å². The Bertz CT molecular complexity index is 286. The van der Waals surface area contributed by atoms with Crippen molar-refractivity contribution in [2.75, 3.05) is 31.6 Å². The molecule has 4 nitrogen and oxygen atoms in total. The maximum Gasteiger partial charge on any atom is 0.133 e. The molecule has 0 saturated carbocycles. The number of aliphatic hydroxyl groups is 1. The average molecular weight is 223 g/mol. The van der Waals surface area contributed by atoms with Crippen LogP contribution in [-0.4, -0.2) is 36.8 Å². The van der Waals surface area contributed by atoms with E-state index in [-0.39, 0.29) is 12.6 Å². The van der Waals surface area contributed by atoms with Crippen molar-refractivity contribution in [3.8, 4) is 0 Å². The van der Waals surface area contributed by atoms with E-state index in [0.29, 0.717) is 6.54 Å². The van der Waals surface area contributed by atoms with E-state index >= 15 is 0 Å². The standard InChI is InChI=1S/C12H21N3O/c1-4-13-10(2)11-6-5-7-14-12(11)15(3)8-9-16/h5-7,10,13,16H,4,8-9H2,1-3H3. The minimum Gasteiger partial charge on any atom is -0.395 e. The first-order valence-corrected chi connectivity index (χ1v) is 5.71. The molecule has 0 aliphatic heterocycles. The van der Waals surface area contributed by atoms with Gasteiger partial charge in [0.15, 0.2) is 0 Å². The number of hydrogen-bond acceptors (Lipinski definition) is 4. The first-order chi connectivity index (χ1) is 7.70. The molecule has 1 rings (SSSR count). The molecule has 2 N–H and O–H groups in total. The monoisotopic (exact) mass is 223 g/mol. The van der Waals surface area contributed by atoms with Gasteiger partial charge in [0.25, 0.3) is 0 Å². The van der Waals surface area contributed by atoms with Gasteiger partial charge in [-0.05, 0) is 19.5 Å². The molecular formula is C12H21N3O. The van der Waals surface area contributed by atoms with Crippen molar-refractivity contribution in [1.29, 1.82) is 0 Å². The lowest BCUT2D eigenvalue weighted by molar-refractivity contribution is 0.303. The Kier molecular flexibility index (Phi) is 5.22. The second kappa shape index (κ2) is 6.45. The Morgan fingerprint density at radius 1 is 1.56 bits per heavy atom. The second-order valence-electron chi connectivity index (χ2n) is 3.84. The first-order valence-electron chi connectivity index (χ1n) is 5.71. The van der Waals surface area contributed by atoms with Gasteiger partial charge in [-0.1, -0.05) is 13.0 Å². The van der Waals surface area contributed by atoms with Gasteiger partial charge >= 0.3 is 0 Å². The molecule has 0 saturated heterocycles. The molecule has 1 atom stereocenters. The summed E-state index contributed by atoms with van der Waals surface area (Å²) < 4.78 is 0. The summed E-state index contributed by atoms with van der Waals surface area (Å²) in [5.41, 5.74) is 1.17. The Hall–Kier alpha value is -1.13. The molecule has 0 amide bonds. The smallest absolute Gasteiger partial charge is 0.133 e. The van der Waals surface area contributed by atoms with Crippen LogP contribution in [-0.2, 0) is 0 Å². The highest BCUT2D eigenvalue weighted by molar-refractivity contribution is 5.47. The lowest BCUT2D eigenvalue weighted by atomic mass is 10.1. The highest BCUT2D eigenvalue weighted by Crippen LogP contribution is 2.22. The zero-order valence-electron chi connectivity index (χ0n) is 10.3. The van der Waals surface area contributed by atoms with E-state index in [4.69, 9.17) is 5.11 Å². The highest BCUT2D eigenvalue weighted by atomic mass is 16.3. The third-order valence-corrected chi connectivity index (χ3v) is 2.59. The van der Waals surface area contributed by atoms with E-state index in [1.54, 1.807) is 6.20 Å². The molecule has 0 fully saturated rings. The van der Waals surface area contributed by atoms with Gasteiger partial charge in [0.2, 0.25) is 0 Å². The predicted molar refractivity (Wildman–Crippen MR) is 66.7 cm³/mol. The topological polar surface area (TPSA) is 48.4 Å². The van der Waals surface area contributed by atoms with Gasteiger partial charge < -0.3 is 15.3 Å². The van der Waals surface area contributed by atoms with Gasteiger partial charge in [-0.25, -0.2) is 4.98 Å². The lowest BCUT2D eigenvalue weighted by Gasteiger charge is -2.23. The number of aliphatic hydroxyl groups excluding tert-OH is 1. The molecule has 90 valence electrons. The van der Waals surface area contributed by atoms with Crippen LogP contribution in [0.4, 0.5) is 5.82 Å². The summed E-state index contributed by atoms with van der Waals surface area (Å²) in [4.78, 5) is 6.35. The summed E-state index contributed by atoms with van der Waals surface area (Å²) in [6, 6.07) is 4.29. The van der Waals surface area contributed by atoms with Crippen molar-refractivity contribution in [2.45, 2.75) is 19.9 Å². The number of nitrogens with zero attached hydrogens (tertiary/aromatic N) is 2. The minimum atomic E-state index is 0.141. The van der Waals surface area contributed by atoms with Crippen LogP contribution in [0.1, 0.15) is 25.5 Å². The van der Waals surface area contributed by atoms with Crippen LogP contribution in [0, 0.1) is 0 Å². The number of hydrogen-bond donors (Lipinski definition) is 2. The minimum absolute atomic E-state index is 0.141. The number of pyridine rings is 1. The van der Waals surface area contributed by atoms with Gasteiger partial charge in [0.05, 0.1) is 6.61 Å². The number of rotatable bonds is 6. The molecular weight excluding hydrogens is 202 g/mol. The van der Waals surface area contributed by atoms with Crippen LogP contribution in [0.15, 0.2) is 18.3 Å². The van der Waals surface area contributed by atoms with Crippen molar-refractivity contribution in [1.82, 2.24) is 10.3 Å². The van der Waals surface area contributed by atoms with Crippen LogP contribution >= 0.6 is 0 Å². The second-order valence-corrected chi connectivity index (χ2v) is 3.84. The molecule has 0 bridgehead atoms. The van der Waals surface area contributed by atoms with Gasteiger partial charge in [-0.15, -0.1) is 0 Å². The summed E-state index contributed by atoms with van der Waals surface area (Å²) >= 11 is 0. The van der Waals surface area contributed by atoms with Crippen molar-refractivity contribution in [3.63, 3.8) is 0 Å². The van der Waals surface area contributed by atoms with Gasteiger partial charge in [-0.2, -0.15) is 0 Å². The molecule has 0 aliphatic carbocycles. The normalized spacial score (nSPS) is 12.5. The molecule has 0 radical (unpaired) electrons. The zero-order valence-corrected chi connectivity index (χ0v) is 10.3. The zero-order chi connectivity index (χ0) is 12.0. The van der Waals surface area contributed by atoms with E-state index < -0.39 is 0 Å². The Labute approximate surface area is 97.3 Å².